The van der Waals surface area contributed by atoms with E-state index in [1.165, 1.54) is 17.6 Å². The molecule has 0 saturated carbocycles. The van der Waals surface area contributed by atoms with Crippen LogP contribution in [0.3, 0.4) is 0 Å². The van der Waals surface area contributed by atoms with Crippen LogP contribution in [0.5, 0.6) is 11.5 Å². The molecule has 31 heavy (non-hydrogen) atoms. The smallest absolute Gasteiger partial charge is 0.416 e. The van der Waals surface area contributed by atoms with Gasteiger partial charge in [0.05, 0.1) is 12.1 Å². The molecule has 10 nitrogen and oxygen atoms in total. The number of anilines is 1. The molecule has 2 aliphatic heterocycles. The molecule has 1 aromatic heterocycles. The third-order valence-electron chi connectivity index (χ3n) is 4.96. The first-order valence-corrected chi connectivity index (χ1v) is 9.29. The van der Waals surface area contributed by atoms with Crippen molar-refractivity contribution in [2.45, 2.75) is 32.0 Å². The van der Waals surface area contributed by atoms with E-state index in [0.717, 1.165) is 4.90 Å². The molecule has 1 fully saturated rings. The number of primary amides is 1. The number of carbonyl (C=O) groups excluding carboxylic acids is 2. The number of imidazole rings is 1. The third kappa shape index (κ3) is 3.48. The molecule has 2 amide bonds. The molecule has 0 unspecified atom stereocenters. The first-order chi connectivity index (χ1) is 14.8. The monoisotopic (exact) mass is 433 g/mol. The predicted molar refractivity (Wildman–Crippen MR) is 101 cm³/mol. The number of nitrogens with two attached hydrogens (primary N) is 1. The second-order valence-corrected chi connectivity index (χ2v) is 6.89. The van der Waals surface area contributed by atoms with Gasteiger partial charge in [0.2, 0.25) is 0 Å². The Morgan fingerprint density at radius 2 is 2.19 bits per heavy atom. The van der Waals surface area contributed by atoms with Gasteiger partial charge in [0.15, 0.2) is 17.6 Å². The highest BCUT2D eigenvalue weighted by molar-refractivity contribution is 5.91. The van der Waals surface area contributed by atoms with Crippen molar-refractivity contribution < 1.29 is 32.6 Å². The van der Waals surface area contributed by atoms with Gasteiger partial charge in [-0.1, -0.05) is 0 Å². The highest BCUT2D eigenvalue weighted by Crippen LogP contribution is 2.39. The fraction of sp³-hybridized carbons (Fsp3) is 0.368. The van der Waals surface area contributed by atoms with Gasteiger partial charge in [-0.2, -0.15) is 5.26 Å². The lowest BCUT2D eigenvalue weighted by Gasteiger charge is -2.18. The van der Waals surface area contributed by atoms with Gasteiger partial charge in [-0.25, -0.2) is 23.5 Å². The first-order valence-electron chi connectivity index (χ1n) is 9.29. The standard InChI is InChI=1S/C19H17F2N5O5/c1-9(16(23)27)31-10-2-3-11-14(6-10)29-5-4-25-12(7-22)18(24-17(11)25)26-13(15(20)21)8-30-19(26)28/h2-3,6,9,13,15H,4-5,8H2,1H3,(H2,23,27)/t9-,13-/m0/s1. The first kappa shape index (κ1) is 20.4. The van der Waals surface area contributed by atoms with Crippen molar-refractivity contribution in [3.8, 4) is 29.0 Å². The van der Waals surface area contributed by atoms with Crippen LogP contribution in [-0.4, -0.2) is 53.3 Å². The van der Waals surface area contributed by atoms with E-state index in [1.54, 1.807) is 12.1 Å². The Hall–Kier alpha value is -3.88. The summed E-state index contributed by atoms with van der Waals surface area (Å²) in [6.45, 7) is 1.33. The highest BCUT2D eigenvalue weighted by atomic mass is 19.3. The topological polar surface area (TPSA) is 133 Å². The number of halogens is 2. The highest BCUT2D eigenvalue weighted by Gasteiger charge is 2.43. The molecule has 2 aliphatic rings. The Morgan fingerprint density at radius 3 is 2.87 bits per heavy atom. The van der Waals surface area contributed by atoms with Crippen molar-refractivity contribution >= 4 is 17.8 Å². The van der Waals surface area contributed by atoms with Crippen LogP contribution in [0.15, 0.2) is 18.2 Å². The van der Waals surface area contributed by atoms with Crippen LogP contribution >= 0.6 is 0 Å². The number of fused-ring (bicyclic) bond motifs is 3. The van der Waals surface area contributed by atoms with Crippen LogP contribution in [0.2, 0.25) is 0 Å². The average molecular weight is 433 g/mol. The number of ether oxygens (including phenoxy) is 3. The molecule has 1 saturated heterocycles. The largest absolute Gasteiger partial charge is 0.491 e. The van der Waals surface area contributed by atoms with Crippen molar-refractivity contribution in [2.24, 2.45) is 5.73 Å². The van der Waals surface area contributed by atoms with Crippen LogP contribution in [-0.2, 0) is 16.1 Å². The Morgan fingerprint density at radius 1 is 1.42 bits per heavy atom. The Kier molecular flexibility index (Phi) is 5.10. The lowest BCUT2D eigenvalue weighted by molar-refractivity contribution is -0.123. The van der Waals surface area contributed by atoms with Crippen LogP contribution in [0.25, 0.3) is 11.4 Å². The minimum atomic E-state index is -2.87. The zero-order valence-corrected chi connectivity index (χ0v) is 16.2. The molecule has 3 heterocycles. The summed E-state index contributed by atoms with van der Waals surface area (Å²) in [7, 11) is 0. The number of rotatable bonds is 5. The maximum absolute atomic E-state index is 13.4. The molecule has 0 spiro atoms. The van der Waals surface area contributed by atoms with Gasteiger partial charge in [0.1, 0.15) is 42.6 Å². The van der Waals surface area contributed by atoms with E-state index < -0.39 is 37.2 Å². The Balaban J connectivity index is 1.78. The van der Waals surface area contributed by atoms with E-state index in [4.69, 9.17) is 19.9 Å². The number of alkyl halides is 2. The summed E-state index contributed by atoms with van der Waals surface area (Å²) in [5.74, 6) is 0.109. The Bertz CT molecular complexity index is 1100. The minimum Gasteiger partial charge on any atom is -0.491 e. The van der Waals surface area contributed by atoms with E-state index in [0.29, 0.717) is 17.1 Å². The normalized spacial score (nSPS) is 18.4. The zero-order chi connectivity index (χ0) is 22.3. The summed E-state index contributed by atoms with van der Waals surface area (Å²) in [5.41, 5.74) is 5.62. The molecule has 2 aromatic rings. The summed E-state index contributed by atoms with van der Waals surface area (Å²) < 4.78 is 44.3. The lowest BCUT2D eigenvalue weighted by Crippen LogP contribution is -2.39. The molecular formula is C19H17F2N5O5. The van der Waals surface area contributed by atoms with Gasteiger partial charge in [0.25, 0.3) is 12.3 Å². The van der Waals surface area contributed by atoms with Gasteiger partial charge in [-0.05, 0) is 19.1 Å². The second-order valence-electron chi connectivity index (χ2n) is 6.89. The van der Waals surface area contributed by atoms with E-state index >= 15 is 0 Å². The zero-order valence-electron chi connectivity index (χ0n) is 16.2. The van der Waals surface area contributed by atoms with Crippen molar-refractivity contribution in [2.75, 3.05) is 18.1 Å². The molecule has 2 atom stereocenters. The average Bonchev–Trinajstić information content (AvgIpc) is 3.22. The number of hydrogen-bond donors (Lipinski definition) is 1. The van der Waals surface area contributed by atoms with Crippen LogP contribution in [0.4, 0.5) is 19.4 Å². The lowest BCUT2D eigenvalue weighted by atomic mass is 10.1. The van der Waals surface area contributed by atoms with Crippen LogP contribution < -0.4 is 20.1 Å². The summed E-state index contributed by atoms with van der Waals surface area (Å²) in [6, 6.07) is 5.10. The van der Waals surface area contributed by atoms with Crippen molar-refractivity contribution in [1.29, 1.82) is 5.26 Å². The number of carbonyl (C=O) groups is 2. The fourth-order valence-electron chi connectivity index (χ4n) is 3.40. The number of amides is 2. The van der Waals surface area contributed by atoms with Gasteiger partial charge in [-0.15, -0.1) is 0 Å². The van der Waals surface area contributed by atoms with E-state index in [9.17, 15) is 23.6 Å². The molecule has 162 valence electrons. The number of nitrogens with zero attached hydrogens (tertiary/aromatic N) is 4. The summed E-state index contributed by atoms with van der Waals surface area (Å²) in [6.07, 6.45) is -4.73. The molecule has 0 aliphatic carbocycles. The molecule has 0 radical (unpaired) electrons. The second kappa shape index (κ2) is 7.75. The van der Waals surface area contributed by atoms with Gasteiger partial charge >= 0.3 is 6.09 Å². The number of aromatic nitrogens is 2. The molecule has 12 heteroatoms. The molecule has 4 rings (SSSR count). The maximum atomic E-state index is 13.4. The Labute approximate surface area is 174 Å². The van der Waals surface area contributed by atoms with E-state index in [2.05, 4.69) is 4.98 Å². The molecule has 1 aromatic carbocycles. The minimum absolute atomic E-state index is 0.0568. The molecular weight excluding hydrogens is 416 g/mol. The van der Waals surface area contributed by atoms with Gasteiger partial charge in [-0.3, -0.25) is 4.79 Å². The van der Waals surface area contributed by atoms with Crippen LogP contribution in [0, 0.1) is 11.3 Å². The number of benzene rings is 1. The summed E-state index contributed by atoms with van der Waals surface area (Å²) in [4.78, 5) is 28.4. The summed E-state index contributed by atoms with van der Waals surface area (Å²) in [5, 5.41) is 9.69. The van der Waals surface area contributed by atoms with E-state index in [-0.39, 0.29) is 30.5 Å². The molecule has 2 N–H and O–H groups in total. The van der Waals surface area contributed by atoms with E-state index in [1.807, 2.05) is 6.07 Å². The SMILES string of the molecule is C[C@H](Oc1ccc2c(c1)OCCn1c-2nc(N2C(=O)OC[C@H]2C(F)F)c1C#N)C(N)=O. The fourth-order valence-corrected chi connectivity index (χ4v) is 3.40. The predicted octanol–water partition coefficient (Wildman–Crippen LogP) is 1.66. The van der Waals surface area contributed by atoms with Gasteiger partial charge < -0.3 is 24.5 Å². The number of cyclic esters (lactones) is 1. The molecule has 0 bridgehead atoms. The van der Waals surface area contributed by atoms with Crippen molar-refractivity contribution in [3.05, 3.63) is 23.9 Å². The van der Waals surface area contributed by atoms with Crippen LogP contribution in [0.1, 0.15) is 12.6 Å². The van der Waals surface area contributed by atoms with Gasteiger partial charge in [0, 0.05) is 6.07 Å². The quantitative estimate of drug-likeness (QED) is 0.758. The number of nitriles is 1. The number of hydrogen-bond acceptors (Lipinski definition) is 7. The maximum Gasteiger partial charge on any atom is 0.416 e. The van der Waals surface area contributed by atoms with Crippen molar-refractivity contribution in [3.63, 3.8) is 0 Å². The van der Waals surface area contributed by atoms with Crippen molar-refractivity contribution in [1.82, 2.24) is 9.55 Å². The summed E-state index contributed by atoms with van der Waals surface area (Å²) >= 11 is 0. The third-order valence-corrected chi connectivity index (χ3v) is 4.96.